The van der Waals surface area contributed by atoms with Gasteiger partial charge in [-0.3, -0.25) is 0 Å². The van der Waals surface area contributed by atoms with Gasteiger partial charge in [-0.1, -0.05) is 115 Å². The predicted molar refractivity (Wildman–Crippen MR) is 176 cm³/mol. The van der Waals surface area contributed by atoms with E-state index < -0.39 is 5.89 Å². The summed E-state index contributed by atoms with van der Waals surface area (Å²) in [7, 11) is 0. The van der Waals surface area contributed by atoms with Crippen molar-refractivity contribution < 1.29 is 25.9 Å². The summed E-state index contributed by atoms with van der Waals surface area (Å²) in [6.45, 7) is 5.88. The summed E-state index contributed by atoms with van der Waals surface area (Å²) in [6.07, 6.45) is 3.56. The van der Waals surface area contributed by atoms with Gasteiger partial charge in [-0.25, -0.2) is 0 Å². The van der Waals surface area contributed by atoms with Gasteiger partial charge in [-0.15, -0.1) is 47.5 Å². The van der Waals surface area contributed by atoms with Crippen molar-refractivity contribution in [1.82, 2.24) is 9.97 Å². The summed E-state index contributed by atoms with van der Waals surface area (Å²) in [5.74, 6) is 0.159. The number of pyridine rings is 2. The summed E-state index contributed by atoms with van der Waals surface area (Å²) in [5, 5.41) is 1.07. The van der Waals surface area contributed by atoms with Crippen molar-refractivity contribution >= 4 is 11.0 Å². The number of fused-ring (bicyclic) bond motifs is 1. The van der Waals surface area contributed by atoms with E-state index in [1.165, 1.54) is 0 Å². The number of benzene rings is 4. The summed E-state index contributed by atoms with van der Waals surface area (Å²) < 4.78 is 14.8. The maximum Gasteiger partial charge on any atom is 0.126 e. The summed E-state index contributed by atoms with van der Waals surface area (Å²) in [4.78, 5) is 8.81. The number of aromatic nitrogens is 2. The second kappa shape index (κ2) is 14.2. The molecule has 4 heteroatoms. The quantitative estimate of drug-likeness (QED) is 0.165. The minimum atomic E-state index is -0.703. The first-order valence-electron chi connectivity index (χ1n) is 14.8. The van der Waals surface area contributed by atoms with Gasteiger partial charge in [-0.2, -0.15) is 0 Å². The molecule has 0 fully saturated rings. The molecule has 4 aromatic carbocycles. The van der Waals surface area contributed by atoms with E-state index in [0.29, 0.717) is 0 Å². The zero-order valence-corrected chi connectivity index (χ0v) is 27.2. The molecule has 0 aliphatic rings. The van der Waals surface area contributed by atoms with Crippen LogP contribution in [0.5, 0.6) is 0 Å². The standard InChI is InChI=1S/C29H24NO.C11H8N.Ir/c1-19(2)23-14-15-30-26(17-23)24-16-25(21-10-6-4-7-11-21)28-20(3)29(31-27(28)18-24)22-12-8-5-9-13-22;1-2-6-10(7-3-1)11-8-4-5-9-12-11;/h4-17,19H,1-3H3;1-6,8-9H;/q2*-1;/i19D;;. The molecule has 0 aliphatic heterocycles. The number of hydrogen-bond donors (Lipinski definition) is 0. The molecule has 0 aliphatic carbocycles. The molecular formula is C40H32IrN2O-2. The van der Waals surface area contributed by atoms with Crippen LogP contribution in [-0.4, -0.2) is 9.97 Å². The topological polar surface area (TPSA) is 38.9 Å². The van der Waals surface area contributed by atoms with Crippen LogP contribution in [0.4, 0.5) is 0 Å². The maximum absolute atomic E-state index is 8.41. The van der Waals surface area contributed by atoms with Gasteiger partial charge in [0.15, 0.2) is 0 Å². The Morgan fingerprint density at radius 1 is 0.705 bits per heavy atom. The summed E-state index contributed by atoms with van der Waals surface area (Å²) in [6, 6.07) is 46.8. The molecule has 3 heterocycles. The normalized spacial score (nSPS) is 11.2. The monoisotopic (exact) mass is 750 g/mol. The third-order valence-electron chi connectivity index (χ3n) is 7.34. The minimum absolute atomic E-state index is 0. The van der Waals surface area contributed by atoms with Crippen molar-refractivity contribution in [3.8, 4) is 45.0 Å². The number of nitrogens with zero attached hydrogens (tertiary/aromatic N) is 2. The van der Waals surface area contributed by atoms with Crippen molar-refractivity contribution in [2.45, 2.75) is 26.7 Å². The molecule has 0 N–H and O–H groups in total. The van der Waals surface area contributed by atoms with Gasteiger partial charge in [-0.05, 0) is 47.5 Å². The molecule has 3 nitrogen and oxygen atoms in total. The molecule has 0 atom stereocenters. The molecular weight excluding hydrogens is 717 g/mol. The Balaban J connectivity index is 0.000000258. The first-order valence-corrected chi connectivity index (χ1v) is 14.3. The van der Waals surface area contributed by atoms with Crippen LogP contribution < -0.4 is 0 Å². The molecule has 0 saturated heterocycles. The van der Waals surface area contributed by atoms with Crippen molar-refractivity contribution in [2.75, 3.05) is 0 Å². The second-order valence-electron chi connectivity index (χ2n) is 10.5. The van der Waals surface area contributed by atoms with Gasteiger partial charge in [0.05, 0.1) is 5.58 Å². The van der Waals surface area contributed by atoms with E-state index in [4.69, 9.17) is 5.79 Å². The molecule has 0 saturated carbocycles. The van der Waals surface area contributed by atoms with Crippen molar-refractivity contribution in [3.05, 3.63) is 157 Å². The second-order valence-corrected chi connectivity index (χ2v) is 10.5. The Hall–Kier alpha value is -4.63. The van der Waals surface area contributed by atoms with Gasteiger partial charge in [0.1, 0.15) is 5.76 Å². The van der Waals surface area contributed by atoms with Crippen molar-refractivity contribution in [3.63, 3.8) is 0 Å². The van der Waals surface area contributed by atoms with Crippen LogP contribution in [-0.2, 0) is 20.1 Å². The fourth-order valence-electron chi connectivity index (χ4n) is 5.11. The van der Waals surface area contributed by atoms with Gasteiger partial charge < -0.3 is 14.4 Å². The van der Waals surface area contributed by atoms with Crippen LogP contribution in [0.25, 0.3) is 55.9 Å². The average molecular weight is 750 g/mol. The Kier molecular flexibility index (Phi) is 9.52. The number of hydrogen-bond acceptors (Lipinski definition) is 3. The largest absolute Gasteiger partial charge is 0.476 e. The summed E-state index contributed by atoms with van der Waals surface area (Å²) in [5.41, 5.74) is 9.65. The average Bonchev–Trinajstić information content (AvgIpc) is 3.42. The summed E-state index contributed by atoms with van der Waals surface area (Å²) >= 11 is 0. The SMILES string of the molecule is [2H]C(C)(C)c1ccnc(-c2[c-]c3oc(-c4ccccc4)c(C)c3c(-c3ccccc3)c2)c1.[Ir].[c-]1ccccc1-c1ccccn1. The molecule has 0 bridgehead atoms. The van der Waals surface area contributed by atoms with Gasteiger partial charge >= 0.3 is 0 Å². The van der Waals surface area contributed by atoms with E-state index in [9.17, 15) is 0 Å². The molecule has 44 heavy (non-hydrogen) atoms. The third kappa shape index (κ3) is 6.78. The van der Waals surface area contributed by atoms with E-state index in [2.05, 4.69) is 59.4 Å². The van der Waals surface area contributed by atoms with Gasteiger partial charge in [0.25, 0.3) is 0 Å². The van der Waals surface area contributed by atoms with Crippen LogP contribution in [0.2, 0.25) is 0 Å². The van der Waals surface area contributed by atoms with E-state index in [-0.39, 0.29) is 20.1 Å². The van der Waals surface area contributed by atoms with Crippen LogP contribution in [0, 0.1) is 19.1 Å². The van der Waals surface area contributed by atoms with E-state index in [1.54, 1.807) is 12.4 Å². The van der Waals surface area contributed by atoms with Gasteiger partial charge in [0, 0.05) is 39.4 Å². The number of furan rings is 1. The number of rotatable bonds is 5. The van der Waals surface area contributed by atoms with Crippen LogP contribution in [0.3, 0.4) is 0 Å². The molecule has 0 unspecified atom stereocenters. The predicted octanol–water partition coefficient (Wildman–Crippen LogP) is 10.6. The fourth-order valence-corrected chi connectivity index (χ4v) is 5.11. The Morgan fingerprint density at radius 3 is 2.05 bits per heavy atom. The van der Waals surface area contributed by atoms with Crippen LogP contribution in [0.1, 0.15) is 32.2 Å². The van der Waals surface area contributed by atoms with Crippen molar-refractivity contribution in [2.24, 2.45) is 0 Å². The maximum atomic E-state index is 8.41. The van der Waals surface area contributed by atoms with E-state index in [0.717, 1.165) is 67.1 Å². The first kappa shape index (κ1) is 29.4. The molecule has 0 amide bonds. The Labute approximate surface area is 274 Å². The minimum Gasteiger partial charge on any atom is -0.476 e. The molecule has 3 aromatic heterocycles. The molecule has 7 aromatic rings. The zero-order valence-electron chi connectivity index (χ0n) is 25.8. The molecule has 7 rings (SSSR count). The fraction of sp³-hybridized carbons (Fsp3) is 0.100. The van der Waals surface area contributed by atoms with Gasteiger partial charge in [0.2, 0.25) is 0 Å². The molecule has 0 spiro atoms. The Morgan fingerprint density at radius 2 is 1.39 bits per heavy atom. The Bertz CT molecular complexity index is 1950. The van der Waals surface area contributed by atoms with Crippen LogP contribution in [0.15, 0.2) is 138 Å². The zero-order chi connectivity index (χ0) is 30.5. The molecule has 219 valence electrons. The first-order chi connectivity index (χ1) is 21.4. The molecule has 1 radical (unpaired) electrons. The number of aryl methyl sites for hydroxylation is 1. The third-order valence-corrected chi connectivity index (χ3v) is 7.34. The van der Waals surface area contributed by atoms with Crippen molar-refractivity contribution in [1.29, 1.82) is 0 Å². The van der Waals surface area contributed by atoms with E-state index in [1.807, 2.05) is 105 Å². The smallest absolute Gasteiger partial charge is 0.126 e. The van der Waals surface area contributed by atoms with Crippen LogP contribution >= 0.6 is 0 Å². The van der Waals surface area contributed by atoms with E-state index >= 15 is 0 Å².